The van der Waals surface area contributed by atoms with Crippen LogP contribution in [0.5, 0.6) is 0 Å². The molecule has 5 heteroatoms. The SMILES string of the molecule is Cc1c(C(=O)O)cnc2c3c(nn12)CCCC3. The van der Waals surface area contributed by atoms with E-state index < -0.39 is 5.97 Å². The van der Waals surface area contributed by atoms with Crippen molar-refractivity contribution in [2.24, 2.45) is 0 Å². The number of fused-ring (bicyclic) bond motifs is 3. The number of nitrogens with zero attached hydrogens (tertiary/aromatic N) is 3. The fourth-order valence-corrected chi connectivity index (χ4v) is 2.45. The number of aromatic carboxylic acids is 1. The van der Waals surface area contributed by atoms with Gasteiger partial charge in [-0.3, -0.25) is 0 Å². The monoisotopic (exact) mass is 231 g/mol. The minimum atomic E-state index is -0.953. The average Bonchev–Trinajstić information content (AvgIpc) is 2.69. The Morgan fingerprint density at radius 1 is 1.41 bits per heavy atom. The first-order chi connectivity index (χ1) is 8.18. The fraction of sp³-hybridized carbons (Fsp3) is 0.417. The molecule has 3 rings (SSSR count). The highest BCUT2D eigenvalue weighted by molar-refractivity contribution is 5.88. The molecule has 0 atom stereocenters. The zero-order valence-electron chi connectivity index (χ0n) is 9.60. The quantitative estimate of drug-likeness (QED) is 0.809. The molecule has 5 nitrogen and oxygen atoms in total. The Hall–Kier alpha value is -1.91. The van der Waals surface area contributed by atoms with Crippen LogP contribution in [0, 0.1) is 6.92 Å². The number of hydrogen-bond donors (Lipinski definition) is 1. The molecule has 17 heavy (non-hydrogen) atoms. The van der Waals surface area contributed by atoms with Crippen molar-refractivity contribution in [1.82, 2.24) is 14.6 Å². The molecule has 0 fully saturated rings. The van der Waals surface area contributed by atoms with Crippen molar-refractivity contribution >= 4 is 11.6 Å². The summed E-state index contributed by atoms with van der Waals surface area (Å²) < 4.78 is 1.68. The van der Waals surface area contributed by atoms with Gasteiger partial charge in [-0.15, -0.1) is 0 Å². The van der Waals surface area contributed by atoms with Crippen LogP contribution < -0.4 is 0 Å². The molecule has 0 amide bonds. The highest BCUT2D eigenvalue weighted by Gasteiger charge is 2.20. The van der Waals surface area contributed by atoms with E-state index in [-0.39, 0.29) is 5.56 Å². The number of carboxylic acids is 1. The molecule has 88 valence electrons. The van der Waals surface area contributed by atoms with Gasteiger partial charge >= 0.3 is 5.97 Å². The van der Waals surface area contributed by atoms with Gasteiger partial charge in [-0.1, -0.05) is 0 Å². The molecule has 2 aromatic rings. The first kappa shape index (κ1) is 10.3. The summed E-state index contributed by atoms with van der Waals surface area (Å²) in [7, 11) is 0. The van der Waals surface area contributed by atoms with Crippen LogP contribution in [-0.2, 0) is 12.8 Å². The molecule has 0 radical (unpaired) electrons. The third-order valence-corrected chi connectivity index (χ3v) is 3.38. The molecule has 1 aliphatic carbocycles. The highest BCUT2D eigenvalue weighted by atomic mass is 16.4. The van der Waals surface area contributed by atoms with Crippen molar-refractivity contribution in [1.29, 1.82) is 0 Å². The van der Waals surface area contributed by atoms with Crippen LogP contribution in [0.1, 0.15) is 40.2 Å². The van der Waals surface area contributed by atoms with E-state index in [0.717, 1.165) is 37.0 Å². The lowest BCUT2D eigenvalue weighted by Gasteiger charge is -2.07. The molecule has 0 aromatic carbocycles. The van der Waals surface area contributed by atoms with E-state index in [1.165, 1.54) is 11.8 Å². The van der Waals surface area contributed by atoms with Crippen molar-refractivity contribution in [3.63, 3.8) is 0 Å². The number of carboxylic acid groups (broad SMARTS) is 1. The molecule has 1 aliphatic rings. The van der Waals surface area contributed by atoms with Gasteiger partial charge in [0.05, 0.1) is 17.0 Å². The van der Waals surface area contributed by atoms with Crippen molar-refractivity contribution in [3.05, 3.63) is 28.7 Å². The number of hydrogen-bond acceptors (Lipinski definition) is 3. The third-order valence-electron chi connectivity index (χ3n) is 3.38. The second-order valence-electron chi connectivity index (χ2n) is 4.43. The zero-order valence-corrected chi connectivity index (χ0v) is 9.60. The van der Waals surface area contributed by atoms with Crippen molar-refractivity contribution in [2.45, 2.75) is 32.6 Å². The summed E-state index contributed by atoms with van der Waals surface area (Å²) in [5, 5.41) is 13.5. The Balaban J connectivity index is 2.31. The van der Waals surface area contributed by atoms with Crippen LogP contribution in [0.2, 0.25) is 0 Å². The van der Waals surface area contributed by atoms with Gasteiger partial charge in [0.2, 0.25) is 0 Å². The lowest BCUT2D eigenvalue weighted by molar-refractivity contribution is 0.0695. The van der Waals surface area contributed by atoms with Crippen LogP contribution in [-0.4, -0.2) is 25.7 Å². The van der Waals surface area contributed by atoms with Crippen LogP contribution in [0.3, 0.4) is 0 Å². The van der Waals surface area contributed by atoms with E-state index in [2.05, 4.69) is 10.1 Å². The minimum Gasteiger partial charge on any atom is -0.478 e. The Morgan fingerprint density at radius 3 is 2.94 bits per heavy atom. The van der Waals surface area contributed by atoms with Crippen molar-refractivity contribution < 1.29 is 9.90 Å². The summed E-state index contributed by atoms with van der Waals surface area (Å²) in [4.78, 5) is 15.3. The van der Waals surface area contributed by atoms with E-state index in [1.54, 1.807) is 11.4 Å². The normalized spacial score (nSPS) is 14.9. The maximum Gasteiger partial charge on any atom is 0.339 e. The first-order valence-electron chi connectivity index (χ1n) is 5.78. The van der Waals surface area contributed by atoms with Crippen LogP contribution >= 0.6 is 0 Å². The number of rotatable bonds is 1. The highest BCUT2D eigenvalue weighted by Crippen LogP contribution is 2.24. The van der Waals surface area contributed by atoms with E-state index in [4.69, 9.17) is 5.11 Å². The van der Waals surface area contributed by atoms with Gasteiger partial charge in [-0.25, -0.2) is 14.3 Å². The van der Waals surface area contributed by atoms with Gasteiger partial charge in [0.15, 0.2) is 5.65 Å². The maximum atomic E-state index is 11.0. The summed E-state index contributed by atoms with van der Waals surface area (Å²) in [6.45, 7) is 1.77. The van der Waals surface area contributed by atoms with E-state index in [0.29, 0.717) is 5.69 Å². The molecule has 0 saturated heterocycles. The second-order valence-corrected chi connectivity index (χ2v) is 4.43. The van der Waals surface area contributed by atoms with Gasteiger partial charge in [0.25, 0.3) is 0 Å². The van der Waals surface area contributed by atoms with Gasteiger partial charge < -0.3 is 5.11 Å². The molecular formula is C12H13N3O2. The van der Waals surface area contributed by atoms with Gasteiger partial charge in [0, 0.05) is 11.8 Å². The summed E-state index contributed by atoms with van der Waals surface area (Å²) >= 11 is 0. The predicted molar refractivity (Wildman–Crippen MR) is 61.3 cm³/mol. The topological polar surface area (TPSA) is 67.5 Å². The minimum absolute atomic E-state index is 0.220. The van der Waals surface area contributed by atoms with Crippen LogP contribution in [0.15, 0.2) is 6.20 Å². The van der Waals surface area contributed by atoms with E-state index in [9.17, 15) is 4.79 Å². The Morgan fingerprint density at radius 2 is 2.18 bits per heavy atom. The Bertz CT molecular complexity index is 616. The molecule has 0 aliphatic heterocycles. The molecule has 0 saturated carbocycles. The van der Waals surface area contributed by atoms with Crippen LogP contribution in [0.25, 0.3) is 5.65 Å². The van der Waals surface area contributed by atoms with Gasteiger partial charge in [-0.2, -0.15) is 5.10 Å². The average molecular weight is 231 g/mol. The van der Waals surface area contributed by atoms with E-state index in [1.807, 2.05) is 0 Å². The second kappa shape index (κ2) is 3.55. The lowest BCUT2D eigenvalue weighted by Crippen LogP contribution is -2.07. The van der Waals surface area contributed by atoms with Gasteiger partial charge in [0.1, 0.15) is 0 Å². The molecular weight excluding hydrogens is 218 g/mol. The van der Waals surface area contributed by atoms with Gasteiger partial charge in [-0.05, 0) is 32.6 Å². The Kier molecular flexibility index (Phi) is 2.14. The predicted octanol–water partition coefficient (Wildman–Crippen LogP) is 1.61. The fourth-order valence-electron chi connectivity index (χ4n) is 2.45. The number of aryl methyl sites for hydroxylation is 3. The number of aromatic nitrogens is 3. The van der Waals surface area contributed by atoms with Crippen molar-refractivity contribution in [3.8, 4) is 0 Å². The Labute approximate surface area is 98.1 Å². The first-order valence-corrected chi connectivity index (χ1v) is 5.78. The lowest BCUT2D eigenvalue weighted by atomic mass is 9.98. The summed E-state index contributed by atoms with van der Waals surface area (Å²) in [6, 6.07) is 0. The standard InChI is InChI=1S/C12H13N3O2/c1-7-9(12(16)17)6-13-11-8-4-2-3-5-10(8)14-15(7)11/h6H,2-5H2,1H3,(H,16,17). The third kappa shape index (κ3) is 1.42. The zero-order chi connectivity index (χ0) is 12.0. The molecule has 2 aromatic heterocycles. The molecule has 1 N–H and O–H groups in total. The van der Waals surface area contributed by atoms with Crippen molar-refractivity contribution in [2.75, 3.05) is 0 Å². The van der Waals surface area contributed by atoms with Crippen LogP contribution in [0.4, 0.5) is 0 Å². The van der Waals surface area contributed by atoms with E-state index >= 15 is 0 Å². The number of carbonyl (C=O) groups is 1. The summed E-state index contributed by atoms with van der Waals surface area (Å²) in [5.41, 5.74) is 3.96. The molecule has 0 bridgehead atoms. The summed E-state index contributed by atoms with van der Waals surface area (Å²) in [5.74, 6) is -0.953. The summed E-state index contributed by atoms with van der Waals surface area (Å²) in [6.07, 6.45) is 5.72. The maximum absolute atomic E-state index is 11.0. The largest absolute Gasteiger partial charge is 0.478 e. The molecule has 2 heterocycles. The molecule has 0 spiro atoms. The smallest absolute Gasteiger partial charge is 0.339 e. The molecule has 0 unspecified atom stereocenters.